The van der Waals surface area contributed by atoms with Crippen molar-refractivity contribution in [3.63, 3.8) is 0 Å². The normalized spacial score (nSPS) is 19.1. The topological polar surface area (TPSA) is 100 Å². The van der Waals surface area contributed by atoms with Gasteiger partial charge in [-0.05, 0) is 18.6 Å². The summed E-state index contributed by atoms with van der Waals surface area (Å²) >= 11 is 6.37. The lowest BCUT2D eigenvalue weighted by atomic mass is 9.78. The first-order valence-electron chi connectivity index (χ1n) is 8.59. The van der Waals surface area contributed by atoms with Crippen LogP contribution in [0, 0.1) is 5.92 Å². The molecule has 2 rings (SSSR count). The summed E-state index contributed by atoms with van der Waals surface area (Å²) < 4.78 is 15.6. The molecule has 27 heavy (non-hydrogen) atoms. The minimum atomic E-state index is -0.812. The van der Waals surface area contributed by atoms with Crippen molar-refractivity contribution in [3.8, 4) is 0 Å². The van der Waals surface area contributed by atoms with Gasteiger partial charge < -0.3 is 19.9 Å². The second-order valence-corrected chi connectivity index (χ2v) is 6.16. The molecule has 0 saturated heterocycles. The first-order chi connectivity index (χ1) is 13.0. The summed E-state index contributed by atoms with van der Waals surface area (Å²) in [7, 11) is 1.29. The molecule has 2 N–H and O–H groups in total. The zero-order chi connectivity index (χ0) is 19.8. The van der Waals surface area contributed by atoms with Crippen molar-refractivity contribution in [1.82, 2.24) is 0 Å². The molecule has 2 unspecified atom stereocenters. The number of aliphatic imine (C=N–C) groups is 1. The minimum absolute atomic E-state index is 0.0662. The molecule has 0 radical (unpaired) electrons. The molecule has 7 nitrogen and oxygen atoms in total. The monoisotopic (exact) mass is 394 g/mol. The van der Waals surface area contributed by atoms with E-state index in [1.165, 1.54) is 13.3 Å². The molecule has 1 aromatic carbocycles. The van der Waals surface area contributed by atoms with E-state index in [1.807, 2.05) is 0 Å². The van der Waals surface area contributed by atoms with Crippen LogP contribution < -0.4 is 5.73 Å². The van der Waals surface area contributed by atoms with Crippen LogP contribution in [0.25, 0.3) is 0 Å². The van der Waals surface area contributed by atoms with Gasteiger partial charge in [0, 0.05) is 23.7 Å². The number of rotatable bonds is 8. The van der Waals surface area contributed by atoms with E-state index in [4.69, 9.17) is 31.5 Å². The number of carbonyl (C=O) groups is 2. The van der Waals surface area contributed by atoms with Crippen LogP contribution >= 0.6 is 11.6 Å². The van der Waals surface area contributed by atoms with Gasteiger partial charge in [-0.2, -0.15) is 0 Å². The van der Waals surface area contributed by atoms with Crippen molar-refractivity contribution in [1.29, 1.82) is 0 Å². The van der Waals surface area contributed by atoms with Crippen LogP contribution in [0.4, 0.5) is 0 Å². The van der Waals surface area contributed by atoms with Crippen LogP contribution in [0.5, 0.6) is 0 Å². The average Bonchev–Trinajstić information content (AvgIpc) is 2.67. The number of carbonyl (C=O) groups excluding carboxylic acids is 2. The number of nitrogens with two attached hydrogens (primary N) is 1. The van der Waals surface area contributed by atoms with Gasteiger partial charge in [0.2, 0.25) is 0 Å². The number of nitrogens with zero attached hydrogens (tertiary/aromatic N) is 1. The van der Waals surface area contributed by atoms with Crippen molar-refractivity contribution in [2.24, 2.45) is 16.6 Å². The standard InChI is InChI=1S/C19H23ClN2O5/c1-3-27-19(24)17-15(11-26-9-8-21)22-10-13(18(23)25-2)16(17)12-6-4-5-7-14(12)20/h4-7,10,13,16H,3,8-9,11,21H2,1-2H3. The lowest BCUT2D eigenvalue weighted by Crippen LogP contribution is -2.33. The fraction of sp³-hybridized carbons (Fsp3) is 0.421. The Morgan fingerprint density at radius 1 is 1.30 bits per heavy atom. The Morgan fingerprint density at radius 2 is 2.04 bits per heavy atom. The molecular formula is C19H23ClN2O5. The molecule has 146 valence electrons. The highest BCUT2D eigenvalue weighted by molar-refractivity contribution is 6.31. The molecule has 0 spiro atoms. The molecule has 1 aliphatic heterocycles. The van der Waals surface area contributed by atoms with E-state index >= 15 is 0 Å². The third kappa shape index (κ3) is 4.94. The van der Waals surface area contributed by atoms with Crippen LogP contribution in [-0.4, -0.2) is 51.6 Å². The Hall–Kier alpha value is -2.22. The number of methoxy groups -OCH3 is 1. The Balaban J connectivity index is 2.58. The van der Waals surface area contributed by atoms with E-state index in [-0.39, 0.29) is 18.8 Å². The van der Waals surface area contributed by atoms with Gasteiger partial charge in [-0.25, -0.2) is 4.79 Å². The summed E-state index contributed by atoms with van der Waals surface area (Å²) in [6.45, 7) is 2.60. The van der Waals surface area contributed by atoms with Crippen molar-refractivity contribution < 1.29 is 23.8 Å². The van der Waals surface area contributed by atoms with Gasteiger partial charge in [-0.15, -0.1) is 0 Å². The number of benzene rings is 1. The van der Waals surface area contributed by atoms with Crippen LogP contribution in [0.3, 0.4) is 0 Å². The second-order valence-electron chi connectivity index (χ2n) is 5.75. The van der Waals surface area contributed by atoms with Gasteiger partial charge in [0.05, 0.1) is 38.2 Å². The zero-order valence-electron chi connectivity index (χ0n) is 15.3. The van der Waals surface area contributed by atoms with Crippen LogP contribution in [0.2, 0.25) is 5.02 Å². The molecule has 0 bridgehead atoms. The summed E-state index contributed by atoms with van der Waals surface area (Å²) in [5.41, 5.74) is 6.68. The van der Waals surface area contributed by atoms with Crippen molar-refractivity contribution in [3.05, 3.63) is 46.1 Å². The highest BCUT2D eigenvalue weighted by Crippen LogP contribution is 2.40. The van der Waals surface area contributed by atoms with E-state index < -0.39 is 23.8 Å². The first kappa shape index (κ1) is 21.1. The molecule has 0 saturated carbocycles. The predicted molar refractivity (Wildman–Crippen MR) is 102 cm³/mol. The van der Waals surface area contributed by atoms with Gasteiger partial charge in [0.15, 0.2) is 0 Å². The molecular weight excluding hydrogens is 372 g/mol. The lowest BCUT2D eigenvalue weighted by Gasteiger charge is -2.29. The summed E-state index contributed by atoms with van der Waals surface area (Å²) in [6, 6.07) is 7.02. The van der Waals surface area contributed by atoms with E-state index in [0.29, 0.717) is 29.4 Å². The third-order valence-electron chi connectivity index (χ3n) is 4.08. The second kappa shape index (κ2) is 10.2. The smallest absolute Gasteiger partial charge is 0.336 e. The number of ether oxygens (including phenoxy) is 3. The third-order valence-corrected chi connectivity index (χ3v) is 4.43. The summed E-state index contributed by atoms with van der Waals surface area (Å²) in [4.78, 5) is 29.4. The molecule has 0 fully saturated rings. The Morgan fingerprint density at radius 3 is 2.67 bits per heavy atom. The Labute approximate surface area is 163 Å². The van der Waals surface area contributed by atoms with Crippen LogP contribution in [-0.2, 0) is 23.8 Å². The van der Waals surface area contributed by atoms with E-state index in [0.717, 1.165) is 0 Å². The van der Waals surface area contributed by atoms with Gasteiger partial charge >= 0.3 is 11.9 Å². The van der Waals surface area contributed by atoms with Crippen molar-refractivity contribution in [2.75, 3.05) is 33.5 Å². The van der Waals surface area contributed by atoms with E-state index in [9.17, 15) is 9.59 Å². The number of halogens is 1. The molecule has 2 atom stereocenters. The SMILES string of the molecule is CCOC(=O)C1=C(COCCN)N=CC(C(=O)OC)C1c1ccccc1Cl. The molecule has 0 aromatic heterocycles. The largest absolute Gasteiger partial charge is 0.468 e. The molecule has 0 aliphatic carbocycles. The van der Waals surface area contributed by atoms with Crippen molar-refractivity contribution in [2.45, 2.75) is 12.8 Å². The highest BCUT2D eigenvalue weighted by Gasteiger charge is 2.40. The number of hydrogen-bond donors (Lipinski definition) is 1. The van der Waals surface area contributed by atoms with Crippen LogP contribution in [0.1, 0.15) is 18.4 Å². The van der Waals surface area contributed by atoms with Gasteiger partial charge in [0.1, 0.15) is 5.92 Å². The maximum atomic E-state index is 12.8. The fourth-order valence-electron chi connectivity index (χ4n) is 2.92. The van der Waals surface area contributed by atoms with Gasteiger partial charge in [0.25, 0.3) is 0 Å². The quantitative estimate of drug-likeness (QED) is 0.535. The summed E-state index contributed by atoms with van der Waals surface area (Å²) in [6.07, 6.45) is 1.46. The summed E-state index contributed by atoms with van der Waals surface area (Å²) in [5.74, 6) is -2.60. The Bertz CT molecular complexity index is 747. The zero-order valence-corrected chi connectivity index (χ0v) is 16.1. The van der Waals surface area contributed by atoms with E-state index in [2.05, 4.69) is 4.99 Å². The molecule has 1 aliphatic rings. The van der Waals surface area contributed by atoms with E-state index in [1.54, 1.807) is 31.2 Å². The van der Waals surface area contributed by atoms with Gasteiger partial charge in [-0.1, -0.05) is 29.8 Å². The number of esters is 2. The maximum Gasteiger partial charge on any atom is 0.336 e. The van der Waals surface area contributed by atoms with Crippen molar-refractivity contribution >= 4 is 29.8 Å². The number of hydrogen-bond acceptors (Lipinski definition) is 7. The summed E-state index contributed by atoms with van der Waals surface area (Å²) in [5, 5.41) is 0.427. The molecule has 1 heterocycles. The van der Waals surface area contributed by atoms with Gasteiger partial charge in [-0.3, -0.25) is 9.79 Å². The highest BCUT2D eigenvalue weighted by atomic mass is 35.5. The lowest BCUT2D eigenvalue weighted by molar-refractivity contribution is -0.143. The van der Waals surface area contributed by atoms with Crippen LogP contribution in [0.15, 0.2) is 40.5 Å². The minimum Gasteiger partial charge on any atom is -0.468 e. The first-order valence-corrected chi connectivity index (χ1v) is 8.97. The molecule has 0 amide bonds. The molecule has 8 heteroatoms. The molecule has 1 aromatic rings. The average molecular weight is 395 g/mol. The fourth-order valence-corrected chi connectivity index (χ4v) is 3.17. The predicted octanol–water partition coefficient (Wildman–Crippen LogP) is 2.09. The Kier molecular flexibility index (Phi) is 7.97. The maximum absolute atomic E-state index is 12.8.